The highest BCUT2D eigenvalue weighted by Gasteiger charge is 2.12. The van der Waals surface area contributed by atoms with Gasteiger partial charge in [-0.15, -0.1) is 0 Å². The van der Waals surface area contributed by atoms with Gasteiger partial charge in [-0.2, -0.15) is 19.6 Å². The van der Waals surface area contributed by atoms with Gasteiger partial charge in [-0.05, 0) is 29.1 Å². The molecule has 0 saturated heterocycles. The largest absolute Gasteiger partial charge is 0.228 e. The van der Waals surface area contributed by atoms with Crippen LogP contribution in [0.25, 0.3) is 5.65 Å². The first-order valence-corrected chi connectivity index (χ1v) is 4.92. The Balaban J connectivity index is 2.78. The zero-order chi connectivity index (χ0) is 10.3. The average molecular weight is 231 g/mol. The van der Waals surface area contributed by atoms with Gasteiger partial charge in [0.05, 0.1) is 6.20 Å². The summed E-state index contributed by atoms with van der Waals surface area (Å²) in [6.45, 7) is 4.11. The number of rotatable bonds is 1. The van der Waals surface area contributed by atoms with Gasteiger partial charge >= 0.3 is 0 Å². The molecule has 2 aromatic heterocycles. The summed E-state index contributed by atoms with van der Waals surface area (Å²) in [5.41, 5.74) is 1.68. The van der Waals surface area contributed by atoms with E-state index in [2.05, 4.69) is 28.9 Å². The number of fused-ring (bicyclic) bond motifs is 1. The van der Waals surface area contributed by atoms with Crippen LogP contribution in [0.2, 0.25) is 10.6 Å². The molecule has 0 unspecified atom stereocenters. The Morgan fingerprint density at radius 3 is 2.64 bits per heavy atom. The summed E-state index contributed by atoms with van der Waals surface area (Å²) in [5, 5.41) is 4.45. The Labute approximate surface area is 90.9 Å². The van der Waals surface area contributed by atoms with E-state index in [0.717, 1.165) is 5.56 Å². The van der Waals surface area contributed by atoms with E-state index in [0.29, 0.717) is 11.6 Å². The maximum Gasteiger partial charge on any atom is 0.228 e. The first-order chi connectivity index (χ1) is 6.59. The summed E-state index contributed by atoms with van der Waals surface area (Å²) >= 11 is 11.6. The van der Waals surface area contributed by atoms with Gasteiger partial charge in [0.1, 0.15) is 0 Å². The fraction of sp³-hybridized carbons (Fsp3) is 0.375. The molecule has 0 saturated carbocycles. The lowest BCUT2D eigenvalue weighted by Crippen LogP contribution is -1.97. The molecule has 0 bridgehead atoms. The maximum absolute atomic E-state index is 5.85. The second-order valence-corrected chi connectivity index (χ2v) is 3.93. The molecule has 2 heterocycles. The SMILES string of the molecule is CC(C)c1cnn2c(Cl)nc(Cl)nc12. The van der Waals surface area contributed by atoms with Crippen LogP contribution in [0.4, 0.5) is 0 Å². The normalized spacial score (nSPS) is 11.5. The second-order valence-electron chi connectivity index (χ2n) is 3.25. The van der Waals surface area contributed by atoms with Crippen LogP contribution in [-0.4, -0.2) is 19.6 Å². The van der Waals surface area contributed by atoms with E-state index >= 15 is 0 Å². The lowest BCUT2D eigenvalue weighted by molar-refractivity contribution is 0.867. The highest BCUT2D eigenvalue weighted by atomic mass is 35.5. The minimum atomic E-state index is 0.143. The zero-order valence-electron chi connectivity index (χ0n) is 7.70. The number of nitrogens with zero attached hydrogens (tertiary/aromatic N) is 4. The third-order valence-corrected chi connectivity index (χ3v) is 2.36. The molecule has 0 radical (unpaired) electrons. The smallest absolute Gasteiger partial charge is 0.198 e. The molecule has 0 atom stereocenters. The van der Waals surface area contributed by atoms with Gasteiger partial charge in [0.25, 0.3) is 0 Å². The molecule has 0 aliphatic heterocycles. The van der Waals surface area contributed by atoms with Crippen molar-refractivity contribution < 1.29 is 0 Å². The van der Waals surface area contributed by atoms with E-state index in [1.807, 2.05) is 0 Å². The van der Waals surface area contributed by atoms with Crippen LogP contribution >= 0.6 is 23.2 Å². The van der Waals surface area contributed by atoms with Gasteiger partial charge in [-0.1, -0.05) is 13.8 Å². The first kappa shape index (κ1) is 9.68. The topological polar surface area (TPSA) is 43.1 Å². The van der Waals surface area contributed by atoms with Crippen molar-refractivity contribution in [2.75, 3.05) is 0 Å². The van der Waals surface area contributed by atoms with Crippen LogP contribution in [0, 0.1) is 0 Å². The molecule has 0 aliphatic rings. The number of aromatic nitrogens is 4. The van der Waals surface area contributed by atoms with Crippen LogP contribution in [-0.2, 0) is 0 Å². The minimum absolute atomic E-state index is 0.143. The molecule has 6 heteroatoms. The molecule has 0 aliphatic carbocycles. The van der Waals surface area contributed by atoms with Crippen LogP contribution in [0.1, 0.15) is 25.3 Å². The van der Waals surface area contributed by atoms with E-state index in [-0.39, 0.29) is 10.6 Å². The Hall–Kier alpha value is -0.870. The Kier molecular flexibility index (Phi) is 2.33. The molecule has 2 aromatic rings. The first-order valence-electron chi connectivity index (χ1n) is 4.16. The van der Waals surface area contributed by atoms with E-state index < -0.39 is 0 Å². The van der Waals surface area contributed by atoms with Crippen molar-refractivity contribution in [3.8, 4) is 0 Å². The average Bonchev–Trinajstić information content (AvgIpc) is 2.47. The molecule has 2 rings (SSSR count). The quantitative estimate of drug-likeness (QED) is 0.757. The van der Waals surface area contributed by atoms with Crippen LogP contribution in [0.5, 0.6) is 0 Å². The number of hydrogen-bond donors (Lipinski definition) is 0. The van der Waals surface area contributed by atoms with E-state index in [4.69, 9.17) is 23.2 Å². The van der Waals surface area contributed by atoms with E-state index in [1.165, 1.54) is 4.52 Å². The molecule has 0 fully saturated rings. The van der Waals surface area contributed by atoms with Gasteiger partial charge < -0.3 is 0 Å². The van der Waals surface area contributed by atoms with Crippen LogP contribution < -0.4 is 0 Å². The Bertz CT molecular complexity index is 477. The molecule has 74 valence electrons. The van der Waals surface area contributed by atoms with Gasteiger partial charge in [0.2, 0.25) is 10.6 Å². The van der Waals surface area contributed by atoms with Crippen LogP contribution in [0.15, 0.2) is 6.20 Å². The van der Waals surface area contributed by atoms with E-state index in [1.54, 1.807) is 6.20 Å². The second kappa shape index (κ2) is 3.37. The summed E-state index contributed by atoms with van der Waals surface area (Å²) in [4.78, 5) is 7.88. The van der Waals surface area contributed by atoms with Crippen LogP contribution in [0.3, 0.4) is 0 Å². The predicted octanol–water partition coefficient (Wildman–Crippen LogP) is 2.55. The third kappa shape index (κ3) is 1.44. The fourth-order valence-corrected chi connectivity index (χ4v) is 1.65. The fourth-order valence-electron chi connectivity index (χ4n) is 1.24. The molecular formula is C8H8Cl2N4. The minimum Gasteiger partial charge on any atom is -0.198 e. The predicted molar refractivity (Wildman–Crippen MR) is 54.9 cm³/mol. The number of hydrogen-bond acceptors (Lipinski definition) is 3. The van der Waals surface area contributed by atoms with Crippen molar-refractivity contribution in [1.29, 1.82) is 0 Å². The molecule has 0 aromatic carbocycles. The summed E-state index contributed by atoms with van der Waals surface area (Å²) in [6.07, 6.45) is 1.73. The summed E-state index contributed by atoms with van der Waals surface area (Å²) < 4.78 is 1.47. The Morgan fingerprint density at radius 1 is 1.29 bits per heavy atom. The molecule has 0 spiro atoms. The maximum atomic E-state index is 5.85. The monoisotopic (exact) mass is 230 g/mol. The highest BCUT2D eigenvalue weighted by Crippen LogP contribution is 2.21. The molecule has 4 nitrogen and oxygen atoms in total. The zero-order valence-corrected chi connectivity index (χ0v) is 9.21. The van der Waals surface area contributed by atoms with Crippen molar-refractivity contribution in [3.63, 3.8) is 0 Å². The Morgan fingerprint density at radius 2 is 2.00 bits per heavy atom. The van der Waals surface area contributed by atoms with Crippen molar-refractivity contribution in [1.82, 2.24) is 19.6 Å². The lowest BCUT2D eigenvalue weighted by atomic mass is 10.1. The van der Waals surface area contributed by atoms with Crippen molar-refractivity contribution >= 4 is 28.8 Å². The lowest BCUT2D eigenvalue weighted by Gasteiger charge is -2.01. The summed E-state index contributed by atoms with van der Waals surface area (Å²) in [7, 11) is 0. The van der Waals surface area contributed by atoms with Gasteiger partial charge in [-0.25, -0.2) is 0 Å². The van der Waals surface area contributed by atoms with E-state index in [9.17, 15) is 0 Å². The summed E-state index contributed by atoms with van der Waals surface area (Å²) in [6, 6.07) is 0. The molecule has 0 N–H and O–H groups in total. The van der Waals surface area contributed by atoms with Gasteiger partial charge in [-0.3, -0.25) is 0 Å². The van der Waals surface area contributed by atoms with Crippen molar-refractivity contribution in [2.45, 2.75) is 19.8 Å². The highest BCUT2D eigenvalue weighted by molar-refractivity contribution is 6.31. The van der Waals surface area contributed by atoms with Crippen molar-refractivity contribution in [3.05, 3.63) is 22.3 Å². The molecule has 14 heavy (non-hydrogen) atoms. The third-order valence-electron chi connectivity index (χ3n) is 1.95. The molecular weight excluding hydrogens is 223 g/mol. The molecule has 0 amide bonds. The number of halogens is 2. The van der Waals surface area contributed by atoms with Crippen molar-refractivity contribution in [2.24, 2.45) is 0 Å². The van der Waals surface area contributed by atoms with Gasteiger partial charge in [0.15, 0.2) is 5.65 Å². The summed E-state index contributed by atoms with van der Waals surface area (Å²) in [5.74, 6) is 0.328. The van der Waals surface area contributed by atoms with Gasteiger partial charge in [0, 0.05) is 5.56 Å². The standard InChI is InChI=1S/C8H8Cl2N4/c1-4(2)5-3-11-14-6(5)12-7(9)13-8(14)10/h3-4H,1-2H3.